The standard InChI is InChI=1S/C25H25NO6/c1-15-21(24(30)32-25(2,3)4)20(13-16-9-11-17(12-10-16)23(28)29)22(27)26(15)18-7-6-8-19(14-18)31-5/h6-14H,1-5H3,(H,28,29)/b20-13-. The largest absolute Gasteiger partial charge is 0.497 e. The third kappa shape index (κ3) is 4.72. The number of nitrogens with zero attached hydrogens (tertiary/aromatic N) is 1. The average molecular weight is 435 g/mol. The first-order chi connectivity index (χ1) is 15.0. The van der Waals surface area contributed by atoms with Gasteiger partial charge in [-0.1, -0.05) is 18.2 Å². The molecule has 0 saturated heterocycles. The van der Waals surface area contributed by atoms with Gasteiger partial charge in [0.1, 0.15) is 11.4 Å². The summed E-state index contributed by atoms with van der Waals surface area (Å²) in [4.78, 5) is 39.1. The molecule has 2 aromatic rings. The number of amides is 1. The number of anilines is 1. The second-order valence-electron chi connectivity index (χ2n) is 8.29. The highest BCUT2D eigenvalue weighted by molar-refractivity contribution is 6.24. The zero-order valence-electron chi connectivity index (χ0n) is 18.6. The number of hydrogen-bond acceptors (Lipinski definition) is 5. The lowest BCUT2D eigenvalue weighted by atomic mass is 10.0. The molecule has 0 aromatic heterocycles. The third-order valence-electron chi connectivity index (χ3n) is 4.78. The van der Waals surface area contributed by atoms with Crippen LogP contribution in [-0.2, 0) is 14.3 Å². The van der Waals surface area contributed by atoms with E-state index in [1.54, 1.807) is 70.2 Å². The highest BCUT2D eigenvalue weighted by atomic mass is 16.6. The van der Waals surface area contributed by atoms with E-state index in [9.17, 15) is 14.4 Å². The fourth-order valence-electron chi connectivity index (χ4n) is 3.36. The monoisotopic (exact) mass is 435 g/mol. The number of carboxylic acids is 1. The molecule has 0 aliphatic carbocycles. The van der Waals surface area contributed by atoms with Crippen LogP contribution in [0.25, 0.3) is 6.08 Å². The van der Waals surface area contributed by atoms with Gasteiger partial charge >= 0.3 is 11.9 Å². The Morgan fingerprint density at radius 1 is 1.06 bits per heavy atom. The van der Waals surface area contributed by atoms with E-state index < -0.39 is 17.5 Å². The number of methoxy groups -OCH3 is 1. The summed E-state index contributed by atoms with van der Waals surface area (Å²) in [5.41, 5.74) is 1.29. The molecule has 0 atom stereocenters. The fraction of sp³-hybridized carbons (Fsp3) is 0.240. The van der Waals surface area contributed by atoms with Crippen molar-refractivity contribution < 1.29 is 29.0 Å². The van der Waals surface area contributed by atoms with E-state index >= 15 is 0 Å². The molecular formula is C25H25NO6. The van der Waals surface area contributed by atoms with Gasteiger partial charge in [-0.3, -0.25) is 9.69 Å². The number of aromatic carboxylic acids is 1. The Hall–Kier alpha value is -3.87. The zero-order valence-corrected chi connectivity index (χ0v) is 18.6. The molecule has 32 heavy (non-hydrogen) atoms. The fourth-order valence-corrected chi connectivity index (χ4v) is 3.36. The molecule has 166 valence electrons. The third-order valence-corrected chi connectivity index (χ3v) is 4.78. The van der Waals surface area contributed by atoms with Crippen molar-refractivity contribution in [1.29, 1.82) is 0 Å². The van der Waals surface area contributed by atoms with E-state index in [1.165, 1.54) is 24.1 Å². The molecule has 1 aliphatic rings. The topological polar surface area (TPSA) is 93.1 Å². The second kappa shape index (κ2) is 8.70. The first-order valence-corrected chi connectivity index (χ1v) is 10.00. The maximum absolute atomic E-state index is 13.4. The lowest BCUT2D eigenvalue weighted by molar-refractivity contribution is -0.149. The molecule has 7 nitrogen and oxygen atoms in total. The van der Waals surface area contributed by atoms with Crippen molar-refractivity contribution in [2.24, 2.45) is 0 Å². The summed E-state index contributed by atoms with van der Waals surface area (Å²) >= 11 is 0. The van der Waals surface area contributed by atoms with Gasteiger partial charge in [-0.05, 0) is 63.6 Å². The summed E-state index contributed by atoms with van der Waals surface area (Å²) in [5, 5.41) is 9.11. The molecule has 0 bridgehead atoms. The zero-order chi connectivity index (χ0) is 23.6. The van der Waals surface area contributed by atoms with Crippen LogP contribution in [-0.4, -0.2) is 35.7 Å². The van der Waals surface area contributed by atoms with Gasteiger partial charge in [0, 0.05) is 11.8 Å². The number of allylic oxidation sites excluding steroid dienone is 1. The van der Waals surface area contributed by atoms with Gasteiger partial charge < -0.3 is 14.6 Å². The molecule has 1 N–H and O–H groups in total. The Bertz CT molecular complexity index is 1140. The van der Waals surface area contributed by atoms with Crippen LogP contribution in [0.15, 0.2) is 65.4 Å². The summed E-state index contributed by atoms with van der Waals surface area (Å²) < 4.78 is 10.8. The lowest BCUT2D eigenvalue weighted by Gasteiger charge is -2.20. The average Bonchev–Trinajstić information content (AvgIpc) is 2.96. The lowest BCUT2D eigenvalue weighted by Crippen LogP contribution is -2.25. The Kier molecular flexibility index (Phi) is 6.20. The van der Waals surface area contributed by atoms with Crippen molar-refractivity contribution in [3.8, 4) is 5.75 Å². The van der Waals surface area contributed by atoms with Crippen molar-refractivity contribution in [2.45, 2.75) is 33.3 Å². The van der Waals surface area contributed by atoms with E-state index in [4.69, 9.17) is 14.6 Å². The van der Waals surface area contributed by atoms with E-state index in [2.05, 4.69) is 0 Å². The van der Waals surface area contributed by atoms with Gasteiger partial charge in [-0.25, -0.2) is 9.59 Å². The molecule has 3 rings (SSSR count). The summed E-state index contributed by atoms with van der Waals surface area (Å²) in [5.74, 6) is -1.47. The molecule has 0 spiro atoms. The van der Waals surface area contributed by atoms with Crippen LogP contribution >= 0.6 is 0 Å². The number of ether oxygens (including phenoxy) is 2. The molecule has 1 amide bonds. The summed E-state index contributed by atoms with van der Waals surface area (Å²) in [7, 11) is 1.53. The summed E-state index contributed by atoms with van der Waals surface area (Å²) in [6.07, 6.45) is 1.57. The van der Waals surface area contributed by atoms with Gasteiger partial charge in [0.2, 0.25) is 0 Å². The Labute approximate surface area is 186 Å². The smallest absolute Gasteiger partial charge is 0.341 e. The van der Waals surface area contributed by atoms with Crippen LogP contribution in [0, 0.1) is 0 Å². The SMILES string of the molecule is COc1cccc(N2C(=O)/C(=C\c3ccc(C(=O)O)cc3)C(C(=O)OC(C)(C)C)=C2C)c1. The molecular weight excluding hydrogens is 410 g/mol. The maximum atomic E-state index is 13.4. The Morgan fingerprint density at radius 2 is 1.72 bits per heavy atom. The first-order valence-electron chi connectivity index (χ1n) is 10.00. The molecule has 7 heteroatoms. The second-order valence-corrected chi connectivity index (χ2v) is 8.29. The number of rotatable bonds is 5. The minimum atomic E-state index is -1.05. The summed E-state index contributed by atoms with van der Waals surface area (Å²) in [6.45, 7) is 6.95. The van der Waals surface area contributed by atoms with E-state index in [-0.39, 0.29) is 22.6 Å². The van der Waals surface area contributed by atoms with Crippen molar-refractivity contribution in [3.63, 3.8) is 0 Å². The van der Waals surface area contributed by atoms with Crippen LogP contribution in [0.1, 0.15) is 43.6 Å². The van der Waals surface area contributed by atoms with Gasteiger partial charge in [-0.15, -0.1) is 0 Å². The van der Waals surface area contributed by atoms with E-state index in [0.29, 0.717) is 22.7 Å². The summed E-state index contributed by atoms with van der Waals surface area (Å²) in [6, 6.07) is 13.0. The van der Waals surface area contributed by atoms with Gasteiger partial charge in [0.05, 0.1) is 29.5 Å². The molecule has 0 saturated carbocycles. The molecule has 0 fully saturated rings. The van der Waals surface area contributed by atoms with Crippen LogP contribution in [0.5, 0.6) is 5.75 Å². The minimum absolute atomic E-state index is 0.127. The Balaban J connectivity index is 2.12. The predicted molar refractivity (Wildman–Crippen MR) is 120 cm³/mol. The van der Waals surface area contributed by atoms with Crippen molar-refractivity contribution in [2.75, 3.05) is 12.0 Å². The van der Waals surface area contributed by atoms with E-state index in [1.807, 2.05) is 0 Å². The molecule has 1 heterocycles. The number of carboxylic acid groups (broad SMARTS) is 1. The maximum Gasteiger partial charge on any atom is 0.341 e. The highest BCUT2D eigenvalue weighted by Gasteiger charge is 2.39. The van der Waals surface area contributed by atoms with Gasteiger partial charge in [0.25, 0.3) is 5.91 Å². The van der Waals surface area contributed by atoms with Gasteiger partial charge in [-0.2, -0.15) is 0 Å². The first kappa shape index (κ1) is 22.8. The molecule has 0 radical (unpaired) electrons. The number of benzene rings is 2. The Morgan fingerprint density at radius 3 is 2.28 bits per heavy atom. The van der Waals surface area contributed by atoms with Crippen LogP contribution in [0.4, 0.5) is 5.69 Å². The van der Waals surface area contributed by atoms with Crippen LogP contribution in [0.2, 0.25) is 0 Å². The normalized spacial score (nSPS) is 15.3. The minimum Gasteiger partial charge on any atom is -0.497 e. The molecule has 1 aliphatic heterocycles. The number of carbonyl (C=O) groups excluding carboxylic acids is 2. The van der Waals surface area contributed by atoms with E-state index in [0.717, 1.165) is 0 Å². The van der Waals surface area contributed by atoms with Crippen molar-refractivity contribution in [3.05, 3.63) is 76.5 Å². The van der Waals surface area contributed by atoms with Gasteiger partial charge in [0.15, 0.2) is 0 Å². The molecule has 2 aromatic carbocycles. The van der Waals surface area contributed by atoms with Crippen LogP contribution in [0.3, 0.4) is 0 Å². The van der Waals surface area contributed by atoms with Crippen molar-refractivity contribution in [1.82, 2.24) is 0 Å². The predicted octanol–water partition coefficient (Wildman–Crippen LogP) is 4.44. The van der Waals surface area contributed by atoms with Crippen LogP contribution < -0.4 is 9.64 Å². The quantitative estimate of drug-likeness (QED) is 0.551. The van der Waals surface area contributed by atoms with Crippen molar-refractivity contribution >= 4 is 29.6 Å². The molecule has 0 unspecified atom stereocenters. The number of hydrogen-bond donors (Lipinski definition) is 1. The highest BCUT2D eigenvalue weighted by Crippen LogP contribution is 2.37. The number of carbonyl (C=O) groups is 3. The number of esters is 1.